The largest absolute Gasteiger partial charge is 0.361 e. The van der Waals surface area contributed by atoms with Gasteiger partial charge in [-0.15, -0.1) is 0 Å². The molecule has 1 atom stereocenters. The van der Waals surface area contributed by atoms with Gasteiger partial charge in [0.2, 0.25) is 0 Å². The fourth-order valence-corrected chi connectivity index (χ4v) is 3.93. The summed E-state index contributed by atoms with van der Waals surface area (Å²) in [7, 11) is 0. The van der Waals surface area contributed by atoms with Crippen LogP contribution in [0, 0.1) is 19.8 Å². The number of hydrogen-bond acceptors (Lipinski definition) is 7. The van der Waals surface area contributed by atoms with Gasteiger partial charge in [-0.25, -0.2) is 15.0 Å². The Hall–Kier alpha value is -3.16. The van der Waals surface area contributed by atoms with E-state index in [4.69, 9.17) is 4.52 Å². The van der Waals surface area contributed by atoms with Crippen LogP contribution in [0.15, 0.2) is 35.5 Å². The maximum atomic E-state index is 12.6. The lowest BCUT2D eigenvalue weighted by atomic mass is 9.94. The Labute approximate surface area is 169 Å². The van der Waals surface area contributed by atoms with Gasteiger partial charge in [0.05, 0.1) is 23.1 Å². The van der Waals surface area contributed by atoms with E-state index in [9.17, 15) is 4.79 Å². The van der Waals surface area contributed by atoms with Crippen molar-refractivity contribution in [2.45, 2.75) is 39.5 Å². The van der Waals surface area contributed by atoms with E-state index in [1.54, 1.807) is 18.7 Å². The van der Waals surface area contributed by atoms with E-state index in [2.05, 4.69) is 25.1 Å². The van der Waals surface area contributed by atoms with E-state index in [-0.39, 0.29) is 5.91 Å². The molecular weight excluding hydrogens is 368 g/mol. The van der Waals surface area contributed by atoms with Gasteiger partial charge in [0.25, 0.3) is 5.91 Å². The Morgan fingerprint density at radius 2 is 2.07 bits per heavy atom. The highest BCUT2D eigenvalue weighted by atomic mass is 16.5. The van der Waals surface area contributed by atoms with Crippen molar-refractivity contribution in [1.29, 1.82) is 0 Å². The lowest BCUT2D eigenvalue weighted by molar-refractivity contribution is 0.0753. The summed E-state index contributed by atoms with van der Waals surface area (Å²) in [4.78, 5) is 31.6. The Bertz CT molecular complexity index is 968. The Morgan fingerprint density at radius 3 is 2.83 bits per heavy atom. The lowest BCUT2D eigenvalue weighted by Gasteiger charge is -2.20. The molecule has 1 aliphatic heterocycles. The molecule has 150 valence electrons. The van der Waals surface area contributed by atoms with E-state index in [0.29, 0.717) is 11.6 Å². The minimum atomic E-state index is -0.0403. The van der Waals surface area contributed by atoms with Gasteiger partial charge < -0.3 is 9.42 Å². The van der Waals surface area contributed by atoms with Crippen LogP contribution in [0.25, 0.3) is 11.3 Å². The molecule has 0 spiro atoms. The molecule has 1 saturated heterocycles. The summed E-state index contributed by atoms with van der Waals surface area (Å²) in [6.45, 7) is 5.29. The van der Waals surface area contributed by atoms with Gasteiger partial charge >= 0.3 is 0 Å². The molecule has 3 aromatic rings. The Balaban J connectivity index is 1.42. The van der Waals surface area contributed by atoms with Crippen LogP contribution < -0.4 is 0 Å². The SMILES string of the molecule is Cc1noc(C)c1-c1cc(CC2CCCN(C(=O)c3cnccn3)CC2)ncn1. The first-order valence-corrected chi connectivity index (χ1v) is 9.91. The zero-order valence-corrected chi connectivity index (χ0v) is 16.7. The second kappa shape index (κ2) is 8.46. The monoisotopic (exact) mass is 392 g/mol. The molecule has 0 radical (unpaired) electrons. The van der Waals surface area contributed by atoms with Crippen molar-refractivity contribution in [3.63, 3.8) is 0 Å². The molecule has 4 heterocycles. The maximum absolute atomic E-state index is 12.6. The molecule has 0 aromatic carbocycles. The minimum absolute atomic E-state index is 0.0403. The first-order valence-electron chi connectivity index (χ1n) is 9.91. The molecule has 0 aliphatic carbocycles. The van der Waals surface area contributed by atoms with Crippen LogP contribution in [0.4, 0.5) is 0 Å². The lowest BCUT2D eigenvalue weighted by Crippen LogP contribution is -2.32. The number of likely N-dealkylation sites (tertiary alicyclic amines) is 1. The van der Waals surface area contributed by atoms with Crippen LogP contribution in [-0.2, 0) is 6.42 Å². The average Bonchev–Trinajstić information content (AvgIpc) is 2.93. The summed E-state index contributed by atoms with van der Waals surface area (Å²) in [6, 6.07) is 2.03. The smallest absolute Gasteiger partial charge is 0.274 e. The number of carbonyl (C=O) groups is 1. The highest BCUT2D eigenvalue weighted by Crippen LogP contribution is 2.27. The summed E-state index contributed by atoms with van der Waals surface area (Å²) in [5.74, 6) is 1.20. The number of amides is 1. The standard InChI is InChI=1S/C21H24N6O2/c1-14-20(15(2)29-26-14)18-11-17(24-13-25-18)10-16-4-3-8-27(9-5-16)21(28)19-12-22-6-7-23-19/h6-7,11-13,16H,3-5,8-10H2,1-2H3. The third kappa shape index (κ3) is 4.31. The van der Waals surface area contributed by atoms with E-state index in [1.165, 1.54) is 6.20 Å². The van der Waals surface area contributed by atoms with Crippen LogP contribution in [0.1, 0.15) is 46.9 Å². The van der Waals surface area contributed by atoms with E-state index >= 15 is 0 Å². The molecule has 1 fully saturated rings. The molecule has 0 saturated carbocycles. The number of aromatic nitrogens is 5. The van der Waals surface area contributed by atoms with E-state index in [1.807, 2.05) is 24.8 Å². The molecule has 0 N–H and O–H groups in total. The molecule has 1 aliphatic rings. The quantitative estimate of drug-likeness (QED) is 0.673. The molecule has 4 rings (SSSR count). The maximum Gasteiger partial charge on any atom is 0.274 e. The zero-order valence-electron chi connectivity index (χ0n) is 16.7. The molecule has 1 amide bonds. The Kier molecular flexibility index (Phi) is 5.59. The van der Waals surface area contributed by atoms with Gasteiger partial charge in [0.1, 0.15) is 17.8 Å². The van der Waals surface area contributed by atoms with Crippen LogP contribution in [0.3, 0.4) is 0 Å². The summed E-state index contributed by atoms with van der Waals surface area (Å²) in [5, 5.41) is 4.02. The van der Waals surface area contributed by atoms with Gasteiger partial charge in [-0.05, 0) is 51.5 Å². The fraction of sp³-hybridized carbons (Fsp3) is 0.429. The molecule has 3 aromatic heterocycles. The third-order valence-corrected chi connectivity index (χ3v) is 5.43. The summed E-state index contributed by atoms with van der Waals surface area (Å²) >= 11 is 0. The zero-order chi connectivity index (χ0) is 20.2. The van der Waals surface area contributed by atoms with Crippen LogP contribution >= 0.6 is 0 Å². The molecule has 0 bridgehead atoms. The van der Waals surface area contributed by atoms with E-state index in [0.717, 1.165) is 67.2 Å². The normalized spacial score (nSPS) is 17.2. The van der Waals surface area contributed by atoms with Gasteiger partial charge in [-0.3, -0.25) is 9.78 Å². The molecule has 1 unspecified atom stereocenters. The van der Waals surface area contributed by atoms with Crippen LogP contribution in [-0.4, -0.2) is 49.0 Å². The van der Waals surface area contributed by atoms with Gasteiger partial charge in [0, 0.05) is 31.2 Å². The van der Waals surface area contributed by atoms with Crippen molar-refractivity contribution < 1.29 is 9.32 Å². The third-order valence-electron chi connectivity index (χ3n) is 5.43. The van der Waals surface area contributed by atoms with Crippen molar-refractivity contribution in [3.8, 4) is 11.3 Å². The van der Waals surface area contributed by atoms with Crippen molar-refractivity contribution in [1.82, 2.24) is 30.0 Å². The van der Waals surface area contributed by atoms with Gasteiger partial charge in [-0.2, -0.15) is 0 Å². The fourth-order valence-electron chi connectivity index (χ4n) is 3.93. The van der Waals surface area contributed by atoms with Crippen molar-refractivity contribution in [2.75, 3.05) is 13.1 Å². The number of rotatable bonds is 4. The summed E-state index contributed by atoms with van der Waals surface area (Å²) in [6.07, 6.45) is 10.1. The number of carbonyl (C=O) groups excluding carboxylic acids is 1. The van der Waals surface area contributed by atoms with E-state index < -0.39 is 0 Å². The number of aryl methyl sites for hydroxylation is 2. The average molecular weight is 392 g/mol. The minimum Gasteiger partial charge on any atom is -0.361 e. The van der Waals surface area contributed by atoms with Crippen molar-refractivity contribution >= 4 is 5.91 Å². The molecular formula is C21H24N6O2. The second-order valence-corrected chi connectivity index (χ2v) is 7.48. The van der Waals surface area contributed by atoms with Gasteiger partial charge in [-0.1, -0.05) is 5.16 Å². The molecule has 29 heavy (non-hydrogen) atoms. The summed E-state index contributed by atoms with van der Waals surface area (Å²) < 4.78 is 5.27. The van der Waals surface area contributed by atoms with Gasteiger partial charge in [0.15, 0.2) is 0 Å². The Morgan fingerprint density at radius 1 is 1.17 bits per heavy atom. The summed E-state index contributed by atoms with van der Waals surface area (Å²) in [5.41, 5.74) is 4.04. The van der Waals surface area contributed by atoms with Crippen LogP contribution in [0.2, 0.25) is 0 Å². The number of nitrogens with zero attached hydrogens (tertiary/aromatic N) is 6. The van der Waals surface area contributed by atoms with Crippen molar-refractivity contribution in [3.05, 3.63) is 53.8 Å². The number of hydrogen-bond donors (Lipinski definition) is 0. The van der Waals surface area contributed by atoms with Crippen molar-refractivity contribution in [2.24, 2.45) is 5.92 Å². The van der Waals surface area contributed by atoms with Crippen LogP contribution in [0.5, 0.6) is 0 Å². The molecule has 8 heteroatoms. The first kappa shape index (κ1) is 19.2. The predicted octanol–water partition coefficient (Wildman–Crippen LogP) is 3.02. The highest BCUT2D eigenvalue weighted by molar-refractivity contribution is 5.91. The topological polar surface area (TPSA) is 97.9 Å². The molecule has 8 nitrogen and oxygen atoms in total. The first-order chi connectivity index (χ1) is 14.1. The highest BCUT2D eigenvalue weighted by Gasteiger charge is 2.23. The predicted molar refractivity (Wildman–Crippen MR) is 106 cm³/mol. The second-order valence-electron chi connectivity index (χ2n) is 7.48.